The Morgan fingerprint density at radius 1 is 1.10 bits per heavy atom. The summed E-state index contributed by atoms with van der Waals surface area (Å²) >= 11 is 6.20. The zero-order valence-electron chi connectivity index (χ0n) is 12.3. The van der Waals surface area contributed by atoms with Crippen molar-refractivity contribution in [1.82, 2.24) is 0 Å². The van der Waals surface area contributed by atoms with Crippen molar-refractivity contribution in [2.75, 3.05) is 14.2 Å². The van der Waals surface area contributed by atoms with Crippen LogP contribution in [0.2, 0.25) is 5.02 Å². The molecule has 2 aromatic rings. The number of carbonyl (C=O) groups excluding carboxylic acids is 1. The van der Waals surface area contributed by atoms with E-state index < -0.39 is 0 Å². The molecule has 0 saturated heterocycles. The van der Waals surface area contributed by atoms with Gasteiger partial charge in [0.15, 0.2) is 17.3 Å². The first-order chi connectivity index (χ1) is 10.1. The van der Waals surface area contributed by atoms with E-state index in [-0.39, 0.29) is 12.2 Å². The van der Waals surface area contributed by atoms with Gasteiger partial charge in [0.1, 0.15) is 0 Å². The van der Waals surface area contributed by atoms with Crippen molar-refractivity contribution in [2.45, 2.75) is 13.3 Å². The number of Topliss-reactive ketones (excluding diaryl/α,β-unsaturated/α-hetero) is 1. The van der Waals surface area contributed by atoms with Crippen molar-refractivity contribution in [2.24, 2.45) is 0 Å². The summed E-state index contributed by atoms with van der Waals surface area (Å²) in [4.78, 5) is 12.4. The third-order valence-electron chi connectivity index (χ3n) is 3.30. The molecule has 0 saturated carbocycles. The van der Waals surface area contributed by atoms with E-state index in [4.69, 9.17) is 21.1 Å². The minimum absolute atomic E-state index is 0.0177. The van der Waals surface area contributed by atoms with Gasteiger partial charge < -0.3 is 9.47 Å². The van der Waals surface area contributed by atoms with Gasteiger partial charge in [-0.1, -0.05) is 29.8 Å². The van der Waals surface area contributed by atoms with Crippen molar-refractivity contribution < 1.29 is 14.3 Å². The molecule has 0 aliphatic heterocycles. The van der Waals surface area contributed by atoms with Crippen molar-refractivity contribution in [3.63, 3.8) is 0 Å². The van der Waals surface area contributed by atoms with Gasteiger partial charge in [-0.3, -0.25) is 4.79 Å². The van der Waals surface area contributed by atoms with Gasteiger partial charge in [0.2, 0.25) is 0 Å². The zero-order valence-corrected chi connectivity index (χ0v) is 13.0. The van der Waals surface area contributed by atoms with Crippen LogP contribution in [0.1, 0.15) is 21.5 Å². The molecule has 0 fully saturated rings. The van der Waals surface area contributed by atoms with Gasteiger partial charge in [-0.2, -0.15) is 0 Å². The molecule has 0 N–H and O–H groups in total. The average molecular weight is 305 g/mol. The molecule has 0 bridgehead atoms. The second kappa shape index (κ2) is 6.64. The number of halogens is 1. The SMILES string of the molecule is COc1ccc(CC(=O)c2cccc(C)c2Cl)cc1OC. The summed E-state index contributed by atoms with van der Waals surface area (Å²) in [6, 6.07) is 10.9. The highest BCUT2D eigenvalue weighted by Crippen LogP contribution is 2.28. The minimum Gasteiger partial charge on any atom is -0.493 e. The van der Waals surface area contributed by atoms with Crippen LogP contribution in [-0.4, -0.2) is 20.0 Å². The smallest absolute Gasteiger partial charge is 0.168 e. The Kier molecular flexibility index (Phi) is 4.86. The van der Waals surface area contributed by atoms with Crippen LogP contribution in [0.3, 0.4) is 0 Å². The number of rotatable bonds is 5. The molecule has 21 heavy (non-hydrogen) atoms. The quantitative estimate of drug-likeness (QED) is 0.780. The van der Waals surface area contributed by atoms with E-state index in [9.17, 15) is 4.79 Å². The standard InChI is InChI=1S/C17H17ClO3/c1-11-5-4-6-13(17(11)18)14(19)9-12-7-8-15(20-2)16(10-12)21-3/h4-8,10H,9H2,1-3H3. The number of ketones is 1. The van der Waals surface area contributed by atoms with Crippen LogP contribution >= 0.6 is 11.6 Å². The summed E-state index contributed by atoms with van der Waals surface area (Å²) in [6.07, 6.45) is 0.267. The topological polar surface area (TPSA) is 35.5 Å². The Hall–Kier alpha value is -2.00. The molecule has 0 atom stereocenters. The number of methoxy groups -OCH3 is 2. The number of aryl methyl sites for hydroxylation is 1. The molecule has 4 heteroatoms. The summed E-state index contributed by atoms with van der Waals surface area (Å²) in [5, 5.41) is 0.517. The molecule has 0 aliphatic rings. The normalized spacial score (nSPS) is 10.3. The van der Waals surface area contributed by atoms with Crippen molar-refractivity contribution >= 4 is 17.4 Å². The highest BCUT2D eigenvalue weighted by molar-refractivity contribution is 6.34. The Morgan fingerprint density at radius 2 is 1.81 bits per heavy atom. The molecule has 3 nitrogen and oxygen atoms in total. The summed E-state index contributed by atoms with van der Waals surface area (Å²) in [5.41, 5.74) is 2.30. The van der Waals surface area contributed by atoms with Gasteiger partial charge in [-0.15, -0.1) is 0 Å². The Labute approximate surface area is 129 Å². The summed E-state index contributed by atoms with van der Waals surface area (Å²) < 4.78 is 10.4. The maximum absolute atomic E-state index is 12.4. The molecule has 2 rings (SSSR count). The Bertz CT molecular complexity index is 665. The molecule has 0 aromatic heterocycles. The monoisotopic (exact) mass is 304 g/mol. The highest BCUT2D eigenvalue weighted by atomic mass is 35.5. The number of hydrogen-bond acceptors (Lipinski definition) is 3. The molecular formula is C17H17ClO3. The van der Waals surface area contributed by atoms with Crippen molar-refractivity contribution in [3.05, 3.63) is 58.1 Å². The average Bonchev–Trinajstić information content (AvgIpc) is 2.49. The first-order valence-corrected chi connectivity index (χ1v) is 6.93. The summed E-state index contributed by atoms with van der Waals surface area (Å²) in [5.74, 6) is 1.23. The van der Waals surface area contributed by atoms with Crippen LogP contribution in [0.4, 0.5) is 0 Å². The largest absolute Gasteiger partial charge is 0.493 e. The fraction of sp³-hybridized carbons (Fsp3) is 0.235. The first kappa shape index (κ1) is 15.4. The molecule has 110 valence electrons. The van der Waals surface area contributed by atoms with Crippen LogP contribution in [0, 0.1) is 6.92 Å². The lowest BCUT2D eigenvalue weighted by Crippen LogP contribution is -2.05. The second-order valence-corrected chi connectivity index (χ2v) is 5.10. The van der Waals surface area contributed by atoms with E-state index in [1.165, 1.54) is 0 Å². The lowest BCUT2D eigenvalue weighted by Gasteiger charge is -2.10. The lowest BCUT2D eigenvalue weighted by molar-refractivity contribution is 0.0993. The van der Waals surface area contributed by atoms with Gasteiger partial charge in [0.05, 0.1) is 19.2 Å². The van der Waals surface area contributed by atoms with Gasteiger partial charge >= 0.3 is 0 Å². The van der Waals surface area contributed by atoms with Crippen LogP contribution in [0.25, 0.3) is 0 Å². The third kappa shape index (κ3) is 3.37. The maximum atomic E-state index is 12.4. The maximum Gasteiger partial charge on any atom is 0.168 e. The molecule has 0 radical (unpaired) electrons. The Morgan fingerprint density at radius 3 is 2.48 bits per heavy atom. The predicted octanol–water partition coefficient (Wildman–Crippen LogP) is 4.09. The fourth-order valence-electron chi connectivity index (χ4n) is 2.13. The van der Waals surface area contributed by atoms with Crippen molar-refractivity contribution in [3.8, 4) is 11.5 Å². The fourth-order valence-corrected chi connectivity index (χ4v) is 2.37. The molecule has 0 spiro atoms. The predicted molar refractivity (Wildman–Crippen MR) is 83.8 cm³/mol. The van der Waals surface area contributed by atoms with E-state index in [0.717, 1.165) is 11.1 Å². The van der Waals surface area contributed by atoms with Crippen LogP contribution < -0.4 is 9.47 Å². The highest BCUT2D eigenvalue weighted by Gasteiger charge is 2.13. The second-order valence-electron chi connectivity index (χ2n) is 4.73. The van der Waals surface area contributed by atoms with Crippen LogP contribution in [0.15, 0.2) is 36.4 Å². The van der Waals surface area contributed by atoms with E-state index in [0.29, 0.717) is 22.1 Å². The van der Waals surface area contributed by atoms with Gasteiger partial charge in [-0.25, -0.2) is 0 Å². The number of carbonyl (C=O) groups is 1. The van der Waals surface area contributed by atoms with Crippen LogP contribution in [0.5, 0.6) is 11.5 Å². The van der Waals surface area contributed by atoms with Gasteiger partial charge in [-0.05, 0) is 36.2 Å². The molecule has 0 aliphatic carbocycles. The summed E-state index contributed by atoms with van der Waals surface area (Å²) in [7, 11) is 3.15. The molecule has 0 amide bonds. The van der Waals surface area contributed by atoms with Gasteiger partial charge in [0, 0.05) is 12.0 Å². The summed E-state index contributed by atoms with van der Waals surface area (Å²) in [6.45, 7) is 1.88. The Balaban J connectivity index is 2.25. The van der Waals surface area contributed by atoms with Gasteiger partial charge in [0.25, 0.3) is 0 Å². The molecule has 0 heterocycles. The molecule has 0 unspecified atom stereocenters. The number of ether oxygens (including phenoxy) is 2. The van der Waals surface area contributed by atoms with E-state index in [1.54, 1.807) is 32.4 Å². The molecular weight excluding hydrogens is 288 g/mol. The van der Waals surface area contributed by atoms with Crippen LogP contribution in [-0.2, 0) is 6.42 Å². The third-order valence-corrected chi connectivity index (χ3v) is 3.81. The van der Waals surface area contributed by atoms with E-state index in [1.807, 2.05) is 25.1 Å². The first-order valence-electron chi connectivity index (χ1n) is 6.56. The van der Waals surface area contributed by atoms with E-state index in [2.05, 4.69) is 0 Å². The number of benzene rings is 2. The van der Waals surface area contributed by atoms with E-state index >= 15 is 0 Å². The lowest BCUT2D eigenvalue weighted by atomic mass is 10.0. The zero-order chi connectivity index (χ0) is 15.4. The molecule has 2 aromatic carbocycles. The number of hydrogen-bond donors (Lipinski definition) is 0. The van der Waals surface area contributed by atoms with Crippen molar-refractivity contribution in [1.29, 1.82) is 0 Å². The minimum atomic E-state index is -0.0177.